The van der Waals surface area contributed by atoms with Crippen molar-refractivity contribution >= 4 is 23.3 Å². The molecule has 0 bridgehead atoms. The maximum absolute atomic E-state index is 13.1. The minimum Gasteiger partial charge on any atom is -0.483 e. The van der Waals surface area contributed by atoms with Gasteiger partial charge in [0.15, 0.2) is 12.4 Å². The number of amides is 1. The first kappa shape index (κ1) is 22.8. The van der Waals surface area contributed by atoms with Gasteiger partial charge in [-0.15, -0.1) is 0 Å². The van der Waals surface area contributed by atoms with E-state index in [4.69, 9.17) is 27.3 Å². The van der Waals surface area contributed by atoms with Crippen LogP contribution >= 0.6 is 11.6 Å². The van der Waals surface area contributed by atoms with E-state index in [1.807, 2.05) is 6.92 Å². The molecule has 0 radical (unpaired) electrons. The molecule has 2 atom stereocenters. The molecule has 0 saturated carbocycles. The van der Waals surface area contributed by atoms with Crippen molar-refractivity contribution in [1.82, 2.24) is 9.80 Å². The van der Waals surface area contributed by atoms with E-state index in [0.29, 0.717) is 36.0 Å². The minimum atomic E-state index is -0.253. The van der Waals surface area contributed by atoms with Gasteiger partial charge < -0.3 is 20.6 Å². The lowest BCUT2D eigenvalue weighted by atomic mass is 10.1. The van der Waals surface area contributed by atoms with E-state index < -0.39 is 0 Å². The Labute approximate surface area is 185 Å². The van der Waals surface area contributed by atoms with E-state index >= 15 is 0 Å². The van der Waals surface area contributed by atoms with Gasteiger partial charge in [-0.3, -0.25) is 9.69 Å². The fourth-order valence-corrected chi connectivity index (χ4v) is 3.87. The number of piperazine rings is 1. The number of rotatable bonds is 6. The van der Waals surface area contributed by atoms with E-state index in [2.05, 4.69) is 17.0 Å². The standard InChI is InChI=1S/C22H26ClFN4O3/c1-14-11-28(15(2)10-27(14)12-16-3-6-18(24)7-4-16)21(29)13-31-20-8-5-17(23)9-19(20)22(25)26-30/h3-9,14-15,30H,10-13H2,1-2H3,(H2,25,26)/t14-,15+/m1/s1. The van der Waals surface area contributed by atoms with Gasteiger partial charge in [0, 0.05) is 36.7 Å². The fourth-order valence-electron chi connectivity index (χ4n) is 3.69. The van der Waals surface area contributed by atoms with E-state index in [1.165, 1.54) is 18.2 Å². The third kappa shape index (κ3) is 5.65. The predicted molar refractivity (Wildman–Crippen MR) is 117 cm³/mol. The van der Waals surface area contributed by atoms with Gasteiger partial charge in [-0.2, -0.15) is 0 Å². The molecule has 0 unspecified atom stereocenters. The Morgan fingerprint density at radius 3 is 2.61 bits per heavy atom. The summed E-state index contributed by atoms with van der Waals surface area (Å²) in [6, 6.07) is 11.3. The number of amidine groups is 1. The number of halogens is 2. The van der Waals surface area contributed by atoms with E-state index in [9.17, 15) is 9.18 Å². The number of nitrogens with zero attached hydrogens (tertiary/aromatic N) is 3. The molecule has 1 fully saturated rings. The fraction of sp³-hybridized carbons (Fsp3) is 0.364. The molecule has 9 heteroatoms. The number of carbonyl (C=O) groups is 1. The molecule has 1 heterocycles. The number of carbonyl (C=O) groups excluding carboxylic acids is 1. The third-order valence-electron chi connectivity index (χ3n) is 5.41. The molecule has 7 nitrogen and oxygen atoms in total. The van der Waals surface area contributed by atoms with E-state index in [0.717, 1.165) is 5.56 Å². The van der Waals surface area contributed by atoms with Gasteiger partial charge in [0.25, 0.3) is 5.91 Å². The summed E-state index contributed by atoms with van der Waals surface area (Å²) in [5, 5.41) is 12.3. The lowest BCUT2D eigenvalue weighted by Gasteiger charge is -2.44. The maximum Gasteiger partial charge on any atom is 0.260 e. The van der Waals surface area contributed by atoms with Crippen LogP contribution in [0.1, 0.15) is 25.0 Å². The molecule has 2 aromatic carbocycles. The molecule has 3 N–H and O–H groups in total. The zero-order valence-electron chi connectivity index (χ0n) is 17.5. The second-order valence-corrected chi connectivity index (χ2v) is 8.15. The molecule has 0 aliphatic carbocycles. The molecular weight excluding hydrogens is 423 g/mol. The summed E-state index contributed by atoms with van der Waals surface area (Å²) >= 11 is 5.97. The molecular formula is C22H26ClFN4O3. The highest BCUT2D eigenvalue weighted by Gasteiger charge is 2.32. The highest BCUT2D eigenvalue weighted by atomic mass is 35.5. The quantitative estimate of drug-likeness (QED) is 0.307. The maximum atomic E-state index is 13.1. The van der Waals surface area contributed by atoms with Crippen molar-refractivity contribution in [1.29, 1.82) is 0 Å². The molecule has 3 rings (SSSR count). The first-order chi connectivity index (χ1) is 14.8. The number of benzene rings is 2. The lowest BCUT2D eigenvalue weighted by molar-refractivity contribution is -0.139. The molecule has 31 heavy (non-hydrogen) atoms. The second kappa shape index (κ2) is 9.98. The summed E-state index contributed by atoms with van der Waals surface area (Å²) < 4.78 is 18.8. The van der Waals surface area contributed by atoms with Gasteiger partial charge in [-0.1, -0.05) is 28.9 Å². The Balaban J connectivity index is 1.61. The van der Waals surface area contributed by atoms with Gasteiger partial charge in [0.2, 0.25) is 0 Å². The molecule has 1 saturated heterocycles. The van der Waals surface area contributed by atoms with Gasteiger partial charge in [-0.05, 0) is 49.7 Å². The average Bonchev–Trinajstić information content (AvgIpc) is 2.75. The van der Waals surface area contributed by atoms with Crippen LogP contribution in [0.4, 0.5) is 4.39 Å². The average molecular weight is 449 g/mol. The van der Waals surface area contributed by atoms with Crippen LogP contribution < -0.4 is 10.5 Å². The molecule has 2 aromatic rings. The Kier molecular flexibility index (Phi) is 7.35. The molecule has 1 amide bonds. The summed E-state index contributed by atoms with van der Waals surface area (Å²) in [5.74, 6) is -0.248. The van der Waals surface area contributed by atoms with Crippen molar-refractivity contribution in [3.8, 4) is 5.75 Å². The van der Waals surface area contributed by atoms with Crippen LogP contribution in [0.25, 0.3) is 0 Å². The monoisotopic (exact) mass is 448 g/mol. The molecule has 1 aliphatic rings. The number of nitrogens with two attached hydrogens (primary N) is 1. The Morgan fingerprint density at radius 1 is 1.23 bits per heavy atom. The SMILES string of the molecule is C[C@@H]1CN(C(=O)COc2ccc(Cl)cc2C(N)=NO)[C@@H](C)CN1Cc1ccc(F)cc1. The number of ether oxygens (including phenoxy) is 1. The molecule has 1 aliphatic heterocycles. The molecule has 0 aromatic heterocycles. The Bertz CT molecular complexity index is 954. The van der Waals surface area contributed by atoms with Crippen molar-refractivity contribution < 1.29 is 19.1 Å². The van der Waals surface area contributed by atoms with E-state index in [-0.39, 0.29) is 36.3 Å². The van der Waals surface area contributed by atoms with Crippen molar-refractivity contribution in [3.05, 3.63) is 64.4 Å². The molecule has 0 spiro atoms. The highest BCUT2D eigenvalue weighted by molar-refractivity contribution is 6.31. The normalized spacial score (nSPS) is 20.0. The summed E-state index contributed by atoms with van der Waals surface area (Å²) in [4.78, 5) is 16.9. The van der Waals surface area contributed by atoms with Gasteiger partial charge >= 0.3 is 0 Å². The third-order valence-corrected chi connectivity index (χ3v) is 5.65. The van der Waals surface area contributed by atoms with Gasteiger partial charge in [0.1, 0.15) is 11.6 Å². The lowest BCUT2D eigenvalue weighted by Crippen LogP contribution is -2.58. The second-order valence-electron chi connectivity index (χ2n) is 7.71. The van der Waals surface area contributed by atoms with Crippen LogP contribution in [0.5, 0.6) is 5.75 Å². The first-order valence-corrected chi connectivity index (χ1v) is 10.3. The largest absolute Gasteiger partial charge is 0.483 e. The zero-order valence-corrected chi connectivity index (χ0v) is 18.2. The van der Waals surface area contributed by atoms with Crippen LogP contribution in [0.15, 0.2) is 47.6 Å². The van der Waals surface area contributed by atoms with Crippen molar-refractivity contribution in [2.24, 2.45) is 10.9 Å². The zero-order chi connectivity index (χ0) is 22.5. The number of oxime groups is 1. The topological polar surface area (TPSA) is 91.4 Å². The van der Waals surface area contributed by atoms with Gasteiger partial charge in [-0.25, -0.2) is 4.39 Å². The smallest absolute Gasteiger partial charge is 0.260 e. The summed E-state index contributed by atoms with van der Waals surface area (Å²) in [6.45, 7) is 5.82. The van der Waals surface area contributed by atoms with E-state index in [1.54, 1.807) is 29.2 Å². The highest BCUT2D eigenvalue weighted by Crippen LogP contribution is 2.24. The minimum absolute atomic E-state index is 0.0125. The van der Waals surface area contributed by atoms with Crippen LogP contribution in [0.2, 0.25) is 5.02 Å². The summed E-state index contributed by atoms with van der Waals surface area (Å²) in [6.07, 6.45) is 0. The molecule has 166 valence electrons. The van der Waals surface area contributed by atoms with Crippen molar-refractivity contribution in [3.63, 3.8) is 0 Å². The number of hydrogen-bond donors (Lipinski definition) is 2. The van der Waals surface area contributed by atoms with Crippen LogP contribution in [-0.4, -0.2) is 58.5 Å². The van der Waals surface area contributed by atoms with Gasteiger partial charge in [0.05, 0.1) is 5.56 Å². The van der Waals surface area contributed by atoms with Crippen LogP contribution in [0.3, 0.4) is 0 Å². The predicted octanol–water partition coefficient (Wildman–Crippen LogP) is 3.07. The Hall–Kier alpha value is -2.84. The van der Waals surface area contributed by atoms with Crippen LogP contribution in [0, 0.1) is 5.82 Å². The Morgan fingerprint density at radius 2 is 1.94 bits per heavy atom. The van der Waals surface area contributed by atoms with Crippen LogP contribution in [-0.2, 0) is 11.3 Å². The van der Waals surface area contributed by atoms with Crippen molar-refractivity contribution in [2.75, 3.05) is 19.7 Å². The first-order valence-electron chi connectivity index (χ1n) is 9.96. The van der Waals surface area contributed by atoms with Crippen molar-refractivity contribution in [2.45, 2.75) is 32.5 Å². The summed E-state index contributed by atoms with van der Waals surface area (Å²) in [7, 11) is 0. The summed E-state index contributed by atoms with van der Waals surface area (Å²) in [5.41, 5.74) is 7.02. The number of hydrogen-bond acceptors (Lipinski definition) is 5.